The lowest BCUT2D eigenvalue weighted by Crippen LogP contribution is -2.31. The molecule has 10 heteroatoms. The van der Waals surface area contributed by atoms with Crippen molar-refractivity contribution < 1.29 is 27.2 Å². The van der Waals surface area contributed by atoms with Gasteiger partial charge in [0.15, 0.2) is 6.61 Å². The van der Waals surface area contributed by atoms with Gasteiger partial charge >= 0.3 is 5.97 Å². The Kier molecular flexibility index (Phi) is 7.31. The minimum Gasteiger partial charge on any atom is -0.468 e. The highest BCUT2D eigenvalue weighted by Gasteiger charge is 2.17. The Morgan fingerprint density at radius 1 is 1.25 bits per heavy atom. The molecule has 0 fully saturated rings. The van der Waals surface area contributed by atoms with Crippen LogP contribution >= 0.6 is 0 Å². The van der Waals surface area contributed by atoms with Crippen LogP contribution in [0.3, 0.4) is 0 Å². The van der Waals surface area contributed by atoms with Crippen molar-refractivity contribution in [2.45, 2.75) is 17.9 Å². The Morgan fingerprint density at radius 3 is 2.57 bits per heavy atom. The minimum absolute atomic E-state index is 0.000553. The van der Waals surface area contributed by atoms with E-state index in [1.807, 2.05) is 6.07 Å². The molecule has 2 rings (SSSR count). The van der Waals surface area contributed by atoms with Crippen LogP contribution in [0.15, 0.2) is 52.0 Å². The van der Waals surface area contributed by atoms with Crippen LogP contribution in [-0.4, -0.2) is 45.4 Å². The summed E-state index contributed by atoms with van der Waals surface area (Å²) < 4.78 is 36.9. The van der Waals surface area contributed by atoms with Crippen LogP contribution in [0.5, 0.6) is 0 Å². The smallest absolute Gasteiger partial charge is 0.338 e. The molecule has 0 saturated carbocycles. The molecule has 0 atom stereocenters. The number of amides is 1. The molecule has 1 N–H and O–H groups in total. The van der Waals surface area contributed by atoms with Crippen molar-refractivity contribution in [3.63, 3.8) is 0 Å². The van der Waals surface area contributed by atoms with Gasteiger partial charge in [-0.2, -0.15) is 5.26 Å². The maximum atomic E-state index is 12.2. The standard InChI is InChI=1S/C18H19N3O6S/c1-21(10-3-9-19)17(22)13-27-18(23)14-5-7-16(8-6-14)28(24,25)20-12-15-4-2-11-26-15/h2,4-8,11,20H,3,10,12-13H2,1H3. The molecule has 0 spiro atoms. The Hall–Kier alpha value is -3.16. The molecule has 0 bridgehead atoms. The Morgan fingerprint density at radius 2 is 1.96 bits per heavy atom. The Labute approximate surface area is 162 Å². The van der Waals surface area contributed by atoms with E-state index >= 15 is 0 Å². The maximum absolute atomic E-state index is 12.2. The largest absolute Gasteiger partial charge is 0.468 e. The molecule has 0 unspecified atom stereocenters. The van der Waals surface area contributed by atoms with E-state index in [-0.39, 0.29) is 30.0 Å². The summed E-state index contributed by atoms with van der Waals surface area (Å²) in [5, 5.41) is 8.50. The minimum atomic E-state index is -3.77. The van der Waals surface area contributed by atoms with Crippen LogP contribution in [0.4, 0.5) is 0 Å². The summed E-state index contributed by atoms with van der Waals surface area (Å²) in [4.78, 5) is 25.1. The van der Waals surface area contributed by atoms with E-state index in [0.717, 1.165) is 0 Å². The van der Waals surface area contributed by atoms with Gasteiger partial charge in [-0.15, -0.1) is 0 Å². The summed E-state index contributed by atoms with van der Waals surface area (Å²) in [6.45, 7) is -0.226. The van der Waals surface area contributed by atoms with E-state index in [1.54, 1.807) is 12.1 Å². The number of benzene rings is 1. The monoisotopic (exact) mass is 405 g/mol. The lowest BCUT2D eigenvalue weighted by atomic mass is 10.2. The fraction of sp³-hybridized carbons (Fsp3) is 0.278. The molecule has 28 heavy (non-hydrogen) atoms. The lowest BCUT2D eigenvalue weighted by Gasteiger charge is -2.15. The molecule has 1 aromatic heterocycles. The predicted octanol–water partition coefficient (Wildman–Crippen LogP) is 1.29. The number of nitrogens with one attached hydrogen (secondary N) is 1. The van der Waals surface area contributed by atoms with Crippen LogP contribution in [0.2, 0.25) is 0 Å². The van der Waals surface area contributed by atoms with E-state index in [9.17, 15) is 18.0 Å². The summed E-state index contributed by atoms with van der Waals surface area (Å²) >= 11 is 0. The molecule has 9 nitrogen and oxygen atoms in total. The molecule has 0 aliphatic heterocycles. The summed E-state index contributed by atoms with van der Waals surface area (Å²) in [6.07, 6.45) is 1.62. The van der Waals surface area contributed by atoms with Crippen molar-refractivity contribution in [2.75, 3.05) is 20.2 Å². The summed E-state index contributed by atoms with van der Waals surface area (Å²) in [5.74, 6) is -0.729. The van der Waals surface area contributed by atoms with Gasteiger partial charge in [-0.1, -0.05) is 0 Å². The van der Waals surface area contributed by atoms with Gasteiger partial charge in [-0.25, -0.2) is 17.9 Å². The number of hydrogen-bond acceptors (Lipinski definition) is 7. The van der Waals surface area contributed by atoms with Crippen LogP contribution in [0, 0.1) is 11.3 Å². The molecule has 0 aliphatic rings. The Bertz CT molecular complexity index is 946. The number of ether oxygens (including phenoxy) is 1. The van der Waals surface area contributed by atoms with E-state index in [2.05, 4.69) is 4.72 Å². The first-order chi connectivity index (χ1) is 13.3. The second kappa shape index (κ2) is 9.68. The number of sulfonamides is 1. The van der Waals surface area contributed by atoms with Crippen molar-refractivity contribution >= 4 is 21.9 Å². The number of esters is 1. The third-order valence-electron chi connectivity index (χ3n) is 3.73. The SMILES string of the molecule is CN(CCC#N)C(=O)COC(=O)c1ccc(S(=O)(=O)NCc2ccco2)cc1. The average molecular weight is 405 g/mol. The van der Waals surface area contributed by atoms with Gasteiger partial charge in [-0.3, -0.25) is 4.79 Å². The zero-order chi connectivity index (χ0) is 20.6. The maximum Gasteiger partial charge on any atom is 0.338 e. The van der Waals surface area contributed by atoms with Crippen LogP contribution in [-0.2, 0) is 26.1 Å². The van der Waals surface area contributed by atoms with E-state index < -0.39 is 28.5 Å². The van der Waals surface area contributed by atoms with Crippen molar-refractivity contribution in [1.29, 1.82) is 5.26 Å². The summed E-state index contributed by atoms with van der Waals surface area (Å²) in [7, 11) is -2.27. The summed E-state index contributed by atoms with van der Waals surface area (Å²) in [6, 6.07) is 10.3. The fourth-order valence-electron chi connectivity index (χ4n) is 2.10. The number of nitrogens with zero attached hydrogens (tertiary/aromatic N) is 2. The van der Waals surface area contributed by atoms with Gasteiger partial charge in [-0.05, 0) is 36.4 Å². The molecule has 148 valence electrons. The molecule has 1 amide bonds. The second-order valence-corrected chi connectivity index (χ2v) is 7.49. The molecule has 1 aromatic carbocycles. The fourth-order valence-corrected chi connectivity index (χ4v) is 3.09. The van der Waals surface area contributed by atoms with Crippen LogP contribution in [0.25, 0.3) is 0 Å². The van der Waals surface area contributed by atoms with Gasteiger partial charge in [0.1, 0.15) is 5.76 Å². The van der Waals surface area contributed by atoms with Crippen LogP contribution in [0.1, 0.15) is 22.5 Å². The van der Waals surface area contributed by atoms with E-state index in [4.69, 9.17) is 14.4 Å². The summed E-state index contributed by atoms with van der Waals surface area (Å²) in [5.41, 5.74) is 0.109. The second-order valence-electron chi connectivity index (χ2n) is 5.73. The lowest BCUT2D eigenvalue weighted by molar-refractivity contribution is -0.133. The van der Waals surface area contributed by atoms with Crippen molar-refractivity contribution in [2.24, 2.45) is 0 Å². The number of carbonyl (C=O) groups excluding carboxylic acids is 2. The number of hydrogen-bond donors (Lipinski definition) is 1. The van der Waals surface area contributed by atoms with Crippen LogP contribution < -0.4 is 4.72 Å². The highest BCUT2D eigenvalue weighted by atomic mass is 32.2. The third kappa shape index (κ3) is 5.94. The van der Waals surface area contributed by atoms with E-state index in [0.29, 0.717) is 5.76 Å². The first-order valence-corrected chi connectivity index (χ1v) is 9.72. The van der Waals surface area contributed by atoms with Gasteiger partial charge in [0.25, 0.3) is 5.91 Å². The predicted molar refractivity (Wildman–Crippen MR) is 97.3 cm³/mol. The number of furan rings is 1. The first-order valence-electron chi connectivity index (χ1n) is 8.23. The highest BCUT2D eigenvalue weighted by Crippen LogP contribution is 2.12. The molecular weight excluding hydrogens is 386 g/mol. The number of nitriles is 1. The van der Waals surface area contributed by atoms with Crippen molar-refractivity contribution in [3.05, 3.63) is 54.0 Å². The number of carbonyl (C=O) groups is 2. The van der Waals surface area contributed by atoms with Gasteiger partial charge in [0, 0.05) is 13.6 Å². The van der Waals surface area contributed by atoms with Crippen molar-refractivity contribution in [3.8, 4) is 6.07 Å². The molecule has 0 saturated heterocycles. The van der Waals surface area contributed by atoms with Gasteiger partial charge < -0.3 is 14.1 Å². The average Bonchev–Trinajstić information content (AvgIpc) is 3.22. The number of rotatable bonds is 9. The quantitative estimate of drug-likeness (QED) is 0.622. The molecule has 1 heterocycles. The molecule has 0 aliphatic carbocycles. The zero-order valence-corrected chi connectivity index (χ0v) is 15.9. The molecule has 2 aromatic rings. The first kappa shape index (κ1) is 21.1. The third-order valence-corrected chi connectivity index (χ3v) is 5.15. The van der Waals surface area contributed by atoms with Crippen molar-refractivity contribution in [1.82, 2.24) is 9.62 Å². The highest BCUT2D eigenvalue weighted by molar-refractivity contribution is 7.89. The Balaban J connectivity index is 1.91. The number of likely N-dealkylation sites (N-methyl/N-ethyl adjacent to an activating group) is 1. The van der Waals surface area contributed by atoms with Gasteiger partial charge in [0.05, 0.1) is 35.8 Å². The van der Waals surface area contributed by atoms with Gasteiger partial charge in [0.2, 0.25) is 10.0 Å². The molecular formula is C18H19N3O6S. The zero-order valence-electron chi connectivity index (χ0n) is 15.1. The molecule has 0 radical (unpaired) electrons. The van der Waals surface area contributed by atoms with E-state index in [1.165, 1.54) is 42.5 Å². The normalized spacial score (nSPS) is 10.9. The topological polar surface area (TPSA) is 130 Å².